The van der Waals surface area contributed by atoms with Crippen LogP contribution in [0.2, 0.25) is 0 Å². The van der Waals surface area contributed by atoms with E-state index >= 15 is 0 Å². The van der Waals surface area contributed by atoms with E-state index < -0.39 is 53.8 Å². The van der Waals surface area contributed by atoms with Crippen molar-refractivity contribution in [3.05, 3.63) is 0 Å². The minimum atomic E-state index is -1.82. The molecule has 0 bridgehead atoms. The Morgan fingerprint density at radius 3 is 1.70 bits per heavy atom. The summed E-state index contributed by atoms with van der Waals surface area (Å²) in [4.78, 5) is 45.4. The van der Waals surface area contributed by atoms with E-state index in [0.29, 0.717) is 0 Å². The Kier molecular flexibility index (Phi) is 5.70. The van der Waals surface area contributed by atoms with Gasteiger partial charge in [0.1, 0.15) is 11.6 Å². The van der Waals surface area contributed by atoms with E-state index in [1.54, 1.807) is 0 Å². The van der Waals surface area contributed by atoms with Crippen LogP contribution in [0.15, 0.2) is 0 Å². The first-order valence-corrected chi connectivity index (χ1v) is 6.98. The molecule has 0 aromatic rings. The third-order valence-electron chi connectivity index (χ3n) is 3.41. The fourth-order valence-corrected chi connectivity index (χ4v) is 2.66. The first-order chi connectivity index (χ1) is 10.5. The fraction of sp³-hybridized carbons (Fsp3) is 0.714. The first-order valence-electron chi connectivity index (χ1n) is 6.98. The van der Waals surface area contributed by atoms with Gasteiger partial charge in [-0.15, -0.1) is 0 Å². The fourth-order valence-electron chi connectivity index (χ4n) is 2.66. The van der Waals surface area contributed by atoms with Crippen molar-refractivity contribution < 1.29 is 38.5 Å². The SMILES string of the molecule is CC(=O)N[C@@H]1[C@H](OC(C)=O)[C@@H](OC(C)=O)[C@H](OC(C)=O)[C@@]1(C)O. The summed E-state index contributed by atoms with van der Waals surface area (Å²) in [7, 11) is 0. The van der Waals surface area contributed by atoms with E-state index in [1.807, 2.05) is 0 Å². The van der Waals surface area contributed by atoms with Gasteiger partial charge in [-0.1, -0.05) is 0 Å². The van der Waals surface area contributed by atoms with Gasteiger partial charge in [0.05, 0.1) is 0 Å². The van der Waals surface area contributed by atoms with Crippen molar-refractivity contribution in [3.63, 3.8) is 0 Å². The van der Waals surface area contributed by atoms with Gasteiger partial charge in [-0.05, 0) is 6.92 Å². The molecule has 1 rings (SSSR count). The van der Waals surface area contributed by atoms with Crippen LogP contribution in [0, 0.1) is 0 Å². The lowest BCUT2D eigenvalue weighted by Crippen LogP contribution is -2.55. The lowest BCUT2D eigenvalue weighted by molar-refractivity contribution is -0.181. The van der Waals surface area contributed by atoms with Gasteiger partial charge in [0.15, 0.2) is 18.3 Å². The predicted molar refractivity (Wildman–Crippen MR) is 74.9 cm³/mol. The summed E-state index contributed by atoms with van der Waals surface area (Å²) >= 11 is 0. The highest BCUT2D eigenvalue weighted by Gasteiger charge is 2.63. The Labute approximate surface area is 133 Å². The van der Waals surface area contributed by atoms with E-state index in [1.165, 1.54) is 13.8 Å². The number of aliphatic hydroxyl groups is 1. The lowest BCUT2D eigenvalue weighted by Gasteiger charge is -2.31. The van der Waals surface area contributed by atoms with Crippen LogP contribution >= 0.6 is 0 Å². The Morgan fingerprint density at radius 2 is 1.30 bits per heavy atom. The maximum atomic E-state index is 11.4. The zero-order valence-corrected chi connectivity index (χ0v) is 13.6. The number of ether oxygens (including phenoxy) is 3. The highest BCUT2D eigenvalue weighted by Crippen LogP contribution is 2.37. The molecule has 0 aliphatic heterocycles. The molecular formula is C14H21NO8. The number of carbonyl (C=O) groups is 4. The number of hydrogen-bond donors (Lipinski definition) is 2. The molecule has 130 valence electrons. The number of nitrogens with one attached hydrogen (secondary N) is 1. The minimum Gasteiger partial charge on any atom is -0.456 e. The molecule has 0 aromatic heterocycles. The van der Waals surface area contributed by atoms with Gasteiger partial charge < -0.3 is 24.6 Å². The molecule has 0 heterocycles. The van der Waals surface area contributed by atoms with Crippen LogP contribution in [0.5, 0.6) is 0 Å². The van der Waals surface area contributed by atoms with Gasteiger partial charge in [-0.25, -0.2) is 0 Å². The molecule has 0 unspecified atom stereocenters. The van der Waals surface area contributed by atoms with Crippen molar-refractivity contribution in [1.29, 1.82) is 0 Å². The lowest BCUT2D eigenvalue weighted by atomic mass is 9.97. The van der Waals surface area contributed by atoms with Crippen LogP contribution in [-0.4, -0.2) is 58.9 Å². The summed E-state index contributed by atoms with van der Waals surface area (Å²) in [5.41, 5.74) is -1.82. The second-order valence-corrected chi connectivity index (χ2v) is 5.58. The molecule has 23 heavy (non-hydrogen) atoms. The van der Waals surface area contributed by atoms with Gasteiger partial charge in [0, 0.05) is 27.7 Å². The van der Waals surface area contributed by atoms with Gasteiger partial charge in [0.2, 0.25) is 5.91 Å². The number of amides is 1. The minimum absolute atomic E-state index is 0.502. The molecule has 0 spiro atoms. The van der Waals surface area contributed by atoms with Crippen LogP contribution in [0.4, 0.5) is 0 Å². The highest BCUT2D eigenvalue weighted by atomic mass is 16.6. The molecule has 1 aliphatic carbocycles. The quantitative estimate of drug-likeness (QED) is 0.498. The monoisotopic (exact) mass is 331 g/mol. The van der Waals surface area contributed by atoms with Crippen LogP contribution in [0.3, 0.4) is 0 Å². The van der Waals surface area contributed by atoms with Crippen LogP contribution in [0.1, 0.15) is 34.6 Å². The van der Waals surface area contributed by atoms with Gasteiger partial charge >= 0.3 is 17.9 Å². The Morgan fingerprint density at radius 1 is 0.870 bits per heavy atom. The van der Waals surface area contributed by atoms with E-state index in [0.717, 1.165) is 20.8 Å². The highest BCUT2D eigenvalue weighted by molar-refractivity contribution is 5.74. The molecule has 0 radical (unpaired) electrons. The molecule has 9 nitrogen and oxygen atoms in total. The second-order valence-electron chi connectivity index (χ2n) is 5.58. The predicted octanol–water partition coefficient (Wildman–Crippen LogP) is -0.949. The van der Waals surface area contributed by atoms with Crippen molar-refractivity contribution in [1.82, 2.24) is 5.32 Å². The Hall–Kier alpha value is -2.16. The van der Waals surface area contributed by atoms with E-state index in [9.17, 15) is 24.3 Å². The molecule has 1 saturated carbocycles. The standard InChI is InChI=1S/C14H21NO8/c1-6(16)15-12-10(21-7(2)17)11(22-8(3)18)13(14(12,5)20)23-9(4)19/h10-13,20H,1-5H3,(H,15,16)/t10-,11-,12-,13+,14+/m1/s1. The topological polar surface area (TPSA) is 128 Å². The largest absolute Gasteiger partial charge is 0.456 e. The summed E-state index contributed by atoms with van der Waals surface area (Å²) in [6, 6.07) is -1.13. The number of hydrogen-bond acceptors (Lipinski definition) is 8. The smallest absolute Gasteiger partial charge is 0.303 e. The molecule has 5 atom stereocenters. The summed E-state index contributed by atoms with van der Waals surface area (Å²) < 4.78 is 15.2. The molecule has 1 aliphatic rings. The van der Waals surface area contributed by atoms with Gasteiger partial charge in [0.25, 0.3) is 0 Å². The third kappa shape index (κ3) is 4.41. The zero-order chi connectivity index (χ0) is 17.9. The first kappa shape index (κ1) is 18.9. The average molecular weight is 331 g/mol. The van der Waals surface area contributed by atoms with Crippen molar-refractivity contribution in [2.45, 2.75) is 64.6 Å². The molecule has 1 amide bonds. The van der Waals surface area contributed by atoms with Crippen LogP contribution in [0.25, 0.3) is 0 Å². The maximum Gasteiger partial charge on any atom is 0.303 e. The molecular weight excluding hydrogens is 310 g/mol. The summed E-state index contributed by atoms with van der Waals surface area (Å²) in [6.07, 6.45) is -3.78. The molecule has 0 saturated heterocycles. The third-order valence-corrected chi connectivity index (χ3v) is 3.41. The number of rotatable bonds is 4. The van der Waals surface area contributed by atoms with Gasteiger partial charge in [-0.2, -0.15) is 0 Å². The summed E-state index contributed by atoms with van der Waals surface area (Å²) in [6.45, 7) is 5.87. The molecule has 0 aromatic carbocycles. The average Bonchev–Trinajstić information content (AvgIpc) is 2.51. The van der Waals surface area contributed by atoms with Crippen molar-refractivity contribution >= 4 is 23.8 Å². The molecule has 2 N–H and O–H groups in total. The maximum absolute atomic E-state index is 11.4. The number of carbonyl (C=O) groups excluding carboxylic acids is 4. The zero-order valence-electron chi connectivity index (χ0n) is 13.6. The normalized spacial score (nSPS) is 32.8. The van der Waals surface area contributed by atoms with Crippen molar-refractivity contribution in [2.24, 2.45) is 0 Å². The molecule has 9 heteroatoms. The van der Waals surface area contributed by atoms with Gasteiger partial charge in [-0.3, -0.25) is 19.2 Å². The Balaban J connectivity index is 3.30. The van der Waals surface area contributed by atoms with Crippen molar-refractivity contribution in [3.8, 4) is 0 Å². The summed E-state index contributed by atoms with van der Waals surface area (Å²) in [5.74, 6) is -2.65. The van der Waals surface area contributed by atoms with E-state index in [-0.39, 0.29) is 0 Å². The summed E-state index contributed by atoms with van der Waals surface area (Å²) in [5, 5.41) is 13.1. The van der Waals surface area contributed by atoms with Crippen LogP contribution < -0.4 is 5.32 Å². The second kappa shape index (κ2) is 6.95. The van der Waals surface area contributed by atoms with E-state index in [4.69, 9.17) is 14.2 Å². The number of esters is 3. The molecule has 1 fully saturated rings. The Bertz CT molecular complexity index is 471. The van der Waals surface area contributed by atoms with Crippen molar-refractivity contribution in [2.75, 3.05) is 0 Å². The van der Waals surface area contributed by atoms with Crippen LogP contribution in [-0.2, 0) is 33.4 Å². The van der Waals surface area contributed by atoms with E-state index in [2.05, 4.69) is 5.32 Å².